The molecule has 0 amide bonds. The molecule has 3 rings (SSSR count). The van der Waals surface area contributed by atoms with E-state index >= 15 is 0 Å². The third kappa shape index (κ3) is 2.76. The van der Waals surface area contributed by atoms with Crippen molar-refractivity contribution in [3.63, 3.8) is 0 Å². The molecule has 18 heavy (non-hydrogen) atoms. The molecule has 1 saturated carbocycles. The third-order valence-electron chi connectivity index (χ3n) is 4.27. The summed E-state index contributed by atoms with van der Waals surface area (Å²) in [4.78, 5) is 0. The molecule has 0 spiro atoms. The summed E-state index contributed by atoms with van der Waals surface area (Å²) in [6.07, 6.45) is 6.56. The fourth-order valence-corrected chi connectivity index (χ4v) is 3.01. The molecule has 0 radical (unpaired) electrons. The highest BCUT2D eigenvalue weighted by Gasteiger charge is 2.24. The Balaban J connectivity index is 1.66. The Morgan fingerprint density at radius 2 is 2.17 bits per heavy atom. The molecule has 2 aliphatic carbocycles. The number of nitrogens with one attached hydrogen (secondary N) is 1. The van der Waals surface area contributed by atoms with Crippen LogP contribution < -0.4 is 5.32 Å². The molecule has 2 heteroatoms. The monoisotopic (exact) mass is 245 g/mol. The molecule has 1 atom stereocenters. The van der Waals surface area contributed by atoms with Crippen LogP contribution in [-0.4, -0.2) is 19.7 Å². The minimum atomic E-state index is 0.691. The maximum absolute atomic E-state index is 5.29. The first kappa shape index (κ1) is 12.2. The Labute approximate surface area is 110 Å². The van der Waals surface area contributed by atoms with Crippen LogP contribution in [0.4, 0.5) is 0 Å². The normalized spacial score (nSPS) is 22.8. The van der Waals surface area contributed by atoms with Gasteiger partial charge in [-0.25, -0.2) is 0 Å². The van der Waals surface area contributed by atoms with Crippen LogP contribution in [0.15, 0.2) is 18.2 Å². The fourth-order valence-electron chi connectivity index (χ4n) is 3.01. The summed E-state index contributed by atoms with van der Waals surface area (Å²) < 4.78 is 5.29. The number of hydrogen-bond donors (Lipinski definition) is 1. The van der Waals surface area contributed by atoms with Crippen LogP contribution in [0.25, 0.3) is 0 Å². The topological polar surface area (TPSA) is 21.3 Å². The standard InChI is InChI=1S/C16H23NO/c1-18-11-14-4-2-3-13-9-15(7-8-16(13)14)17-10-12-5-6-12/h2-4,12,15,17H,5-11H2,1H3. The van der Waals surface area contributed by atoms with E-state index in [2.05, 4.69) is 23.5 Å². The highest BCUT2D eigenvalue weighted by atomic mass is 16.5. The van der Waals surface area contributed by atoms with Gasteiger partial charge in [0, 0.05) is 13.2 Å². The molecule has 1 N–H and O–H groups in total. The van der Waals surface area contributed by atoms with Gasteiger partial charge in [0.2, 0.25) is 0 Å². The highest BCUT2D eigenvalue weighted by molar-refractivity contribution is 5.37. The van der Waals surface area contributed by atoms with Crippen molar-refractivity contribution in [3.05, 3.63) is 34.9 Å². The number of ether oxygens (including phenoxy) is 1. The number of benzene rings is 1. The Bertz CT molecular complexity index is 412. The zero-order valence-corrected chi connectivity index (χ0v) is 11.2. The predicted octanol–water partition coefficient (Wildman–Crippen LogP) is 2.69. The molecule has 0 heterocycles. The van der Waals surface area contributed by atoms with Crippen molar-refractivity contribution in [1.29, 1.82) is 0 Å². The van der Waals surface area contributed by atoms with Gasteiger partial charge >= 0.3 is 0 Å². The first-order chi connectivity index (χ1) is 8.86. The third-order valence-corrected chi connectivity index (χ3v) is 4.27. The molecule has 1 aromatic rings. The van der Waals surface area contributed by atoms with Gasteiger partial charge in [0.25, 0.3) is 0 Å². The number of fused-ring (bicyclic) bond motifs is 1. The van der Waals surface area contributed by atoms with E-state index in [0.29, 0.717) is 6.04 Å². The van der Waals surface area contributed by atoms with E-state index in [4.69, 9.17) is 4.74 Å². The predicted molar refractivity (Wildman–Crippen MR) is 73.7 cm³/mol. The first-order valence-corrected chi connectivity index (χ1v) is 7.19. The lowest BCUT2D eigenvalue weighted by Gasteiger charge is -2.27. The van der Waals surface area contributed by atoms with Crippen molar-refractivity contribution in [2.24, 2.45) is 5.92 Å². The molecule has 2 aliphatic rings. The Morgan fingerprint density at radius 1 is 1.28 bits per heavy atom. The smallest absolute Gasteiger partial charge is 0.0715 e. The van der Waals surface area contributed by atoms with Crippen LogP contribution in [0.5, 0.6) is 0 Å². The first-order valence-electron chi connectivity index (χ1n) is 7.19. The van der Waals surface area contributed by atoms with Gasteiger partial charge in [-0.1, -0.05) is 18.2 Å². The second-order valence-electron chi connectivity index (χ2n) is 5.78. The van der Waals surface area contributed by atoms with Gasteiger partial charge in [-0.3, -0.25) is 0 Å². The van der Waals surface area contributed by atoms with Gasteiger partial charge in [0.05, 0.1) is 6.61 Å². The zero-order chi connectivity index (χ0) is 12.4. The average Bonchev–Trinajstić information content (AvgIpc) is 3.21. The quantitative estimate of drug-likeness (QED) is 0.861. The minimum absolute atomic E-state index is 0.691. The lowest BCUT2D eigenvalue weighted by Crippen LogP contribution is -2.36. The van der Waals surface area contributed by atoms with Crippen LogP contribution >= 0.6 is 0 Å². The van der Waals surface area contributed by atoms with E-state index in [0.717, 1.165) is 12.5 Å². The van der Waals surface area contributed by atoms with Crippen molar-refractivity contribution in [2.75, 3.05) is 13.7 Å². The average molecular weight is 245 g/mol. The van der Waals surface area contributed by atoms with Crippen molar-refractivity contribution < 1.29 is 4.74 Å². The van der Waals surface area contributed by atoms with Crippen molar-refractivity contribution in [2.45, 2.75) is 44.8 Å². The van der Waals surface area contributed by atoms with E-state index in [1.807, 2.05) is 0 Å². The summed E-state index contributed by atoms with van der Waals surface area (Å²) in [7, 11) is 1.78. The lowest BCUT2D eigenvalue weighted by molar-refractivity contribution is 0.183. The molecule has 98 valence electrons. The van der Waals surface area contributed by atoms with E-state index in [1.54, 1.807) is 12.7 Å². The summed E-state index contributed by atoms with van der Waals surface area (Å²) in [5.41, 5.74) is 4.46. The van der Waals surface area contributed by atoms with Crippen LogP contribution in [-0.2, 0) is 24.2 Å². The van der Waals surface area contributed by atoms with Gasteiger partial charge in [0.15, 0.2) is 0 Å². The molecule has 2 nitrogen and oxygen atoms in total. The van der Waals surface area contributed by atoms with Crippen molar-refractivity contribution in [1.82, 2.24) is 5.32 Å². The number of rotatable bonds is 5. The van der Waals surface area contributed by atoms with E-state index in [9.17, 15) is 0 Å². The number of hydrogen-bond acceptors (Lipinski definition) is 2. The molecule has 0 saturated heterocycles. The van der Waals surface area contributed by atoms with Crippen molar-refractivity contribution >= 4 is 0 Å². The van der Waals surface area contributed by atoms with Crippen LogP contribution in [0.2, 0.25) is 0 Å². The highest BCUT2D eigenvalue weighted by Crippen LogP contribution is 2.29. The van der Waals surface area contributed by atoms with E-state index in [-0.39, 0.29) is 0 Å². The molecule has 1 fully saturated rings. The van der Waals surface area contributed by atoms with Gasteiger partial charge in [0.1, 0.15) is 0 Å². The van der Waals surface area contributed by atoms with Gasteiger partial charge in [-0.2, -0.15) is 0 Å². The SMILES string of the molecule is COCc1cccc2c1CCC(NCC1CC1)C2. The van der Waals surface area contributed by atoms with Gasteiger partial charge < -0.3 is 10.1 Å². The van der Waals surface area contributed by atoms with Gasteiger partial charge in [-0.05, 0) is 61.3 Å². The number of methoxy groups -OCH3 is 1. The lowest BCUT2D eigenvalue weighted by atomic mass is 9.85. The second kappa shape index (κ2) is 5.41. The summed E-state index contributed by atoms with van der Waals surface area (Å²) >= 11 is 0. The van der Waals surface area contributed by atoms with Crippen molar-refractivity contribution in [3.8, 4) is 0 Å². The summed E-state index contributed by atoms with van der Waals surface area (Å²) in [6, 6.07) is 7.37. The second-order valence-corrected chi connectivity index (χ2v) is 5.78. The molecule has 0 aromatic heterocycles. The Morgan fingerprint density at radius 3 is 2.94 bits per heavy atom. The molecule has 1 unspecified atom stereocenters. The Kier molecular flexibility index (Phi) is 3.67. The van der Waals surface area contributed by atoms with E-state index in [1.165, 1.54) is 49.8 Å². The summed E-state index contributed by atoms with van der Waals surface area (Å²) in [6.45, 7) is 1.99. The fraction of sp³-hybridized carbons (Fsp3) is 0.625. The zero-order valence-electron chi connectivity index (χ0n) is 11.2. The maximum Gasteiger partial charge on any atom is 0.0715 e. The van der Waals surface area contributed by atoms with Crippen LogP contribution in [0.1, 0.15) is 36.0 Å². The van der Waals surface area contributed by atoms with E-state index < -0.39 is 0 Å². The van der Waals surface area contributed by atoms with Gasteiger partial charge in [-0.15, -0.1) is 0 Å². The minimum Gasteiger partial charge on any atom is -0.380 e. The molecular formula is C16H23NO. The van der Waals surface area contributed by atoms with Crippen LogP contribution in [0.3, 0.4) is 0 Å². The molecular weight excluding hydrogens is 222 g/mol. The molecule has 0 aliphatic heterocycles. The maximum atomic E-state index is 5.29. The Hall–Kier alpha value is -0.860. The molecule has 0 bridgehead atoms. The molecule has 1 aromatic carbocycles. The van der Waals surface area contributed by atoms with Crippen LogP contribution in [0, 0.1) is 5.92 Å². The summed E-state index contributed by atoms with van der Waals surface area (Å²) in [5, 5.41) is 3.74. The largest absolute Gasteiger partial charge is 0.380 e. The summed E-state index contributed by atoms with van der Waals surface area (Å²) in [5.74, 6) is 0.978.